The Hall–Kier alpha value is -0.300. The van der Waals surface area contributed by atoms with Gasteiger partial charge in [-0.05, 0) is 31.4 Å². The Labute approximate surface area is 67.1 Å². The maximum absolute atomic E-state index is 10.6. The monoisotopic (exact) mass is 160 g/mol. The summed E-state index contributed by atoms with van der Waals surface area (Å²) in [7, 11) is 0. The molecule has 0 saturated heterocycles. The van der Waals surface area contributed by atoms with E-state index in [0.29, 0.717) is 0 Å². The lowest BCUT2D eigenvalue weighted by Crippen LogP contribution is -2.05. The first kappa shape index (κ1) is 9.70. The highest BCUT2D eigenvalue weighted by atomic mass is 35.5. The SMILES string of the molecule is C/C=C\CC(CC)C(=O)Cl. The second kappa shape index (κ2) is 5.48. The van der Waals surface area contributed by atoms with Crippen LogP contribution in [0.25, 0.3) is 0 Å². The maximum atomic E-state index is 10.6. The molecule has 0 spiro atoms. The predicted octanol–water partition coefficient (Wildman–Crippen LogP) is 2.74. The Bertz CT molecular complexity index is 129. The van der Waals surface area contributed by atoms with E-state index in [-0.39, 0.29) is 11.2 Å². The summed E-state index contributed by atoms with van der Waals surface area (Å²) in [6, 6.07) is 0. The molecule has 0 N–H and O–H groups in total. The third kappa shape index (κ3) is 3.67. The highest BCUT2D eigenvalue weighted by Gasteiger charge is 2.10. The molecule has 0 aromatic rings. The number of rotatable bonds is 4. The van der Waals surface area contributed by atoms with Crippen LogP contribution in [0.1, 0.15) is 26.7 Å². The zero-order valence-corrected chi connectivity index (χ0v) is 7.19. The van der Waals surface area contributed by atoms with Crippen molar-refractivity contribution in [2.45, 2.75) is 26.7 Å². The van der Waals surface area contributed by atoms with Crippen LogP contribution in [0, 0.1) is 5.92 Å². The summed E-state index contributed by atoms with van der Waals surface area (Å²) in [4.78, 5) is 10.6. The quantitative estimate of drug-likeness (QED) is 0.457. The molecule has 10 heavy (non-hydrogen) atoms. The van der Waals surface area contributed by atoms with Gasteiger partial charge >= 0.3 is 0 Å². The van der Waals surface area contributed by atoms with Gasteiger partial charge in [0.05, 0.1) is 0 Å². The van der Waals surface area contributed by atoms with Crippen molar-refractivity contribution in [3.8, 4) is 0 Å². The van der Waals surface area contributed by atoms with Crippen molar-refractivity contribution in [2.75, 3.05) is 0 Å². The summed E-state index contributed by atoms with van der Waals surface area (Å²) in [6.45, 7) is 3.90. The maximum Gasteiger partial charge on any atom is 0.225 e. The normalized spacial score (nSPS) is 13.9. The molecule has 1 unspecified atom stereocenters. The standard InChI is InChI=1S/C8H13ClO/c1-3-5-6-7(4-2)8(9)10/h3,5,7H,4,6H2,1-2H3/b5-3-. The van der Waals surface area contributed by atoms with Crippen LogP contribution in [0.5, 0.6) is 0 Å². The summed E-state index contributed by atoms with van der Waals surface area (Å²) >= 11 is 5.31. The lowest BCUT2D eigenvalue weighted by molar-refractivity contribution is -0.115. The molecule has 0 aliphatic heterocycles. The molecule has 1 nitrogen and oxygen atoms in total. The van der Waals surface area contributed by atoms with E-state index in [9.17, 15) is 4.79 Å². The van der Waals surface area contributed by atoms with E-state index >= 15 is 0 Å². The Kier molecular flexibility index (Phi) is 5.32. The first-order valence-corrected chi connectivity index (χ1v) is 3.90. The second-order valence-electron chi connectivity index (χ2n) is 2.21. The molecule has 0 aliphatic rings. The third-order valence-electron chi connectivity index (χ3n) is 1.47. The highest BCUT2D eigenvalue weighted by molar-refractivity contribution is 6.63. The molecular weight excluding hydrogens is 148 g/mol. The second-order valence-corrected chi connectivity index (χ2v) is 2.59. The zero-order valence-electron chi connectivity index (χ0n) is 6.43. The minimum atomic E-state index is -0.222. The fraction of sp³-hybridized carbons (Fsp3) is 0.625. The van der Waals surface area contributed by atoms with Crippen molar-refractivity contribution in [2.24, 2.45) is 5.92 Å². The average Bonchev–Trinajstić information content (AvgIpc) is 1.89. The molecular formula is C8H13ClO. The molecule has 2 heteroatoms. The Morgan fingerprint density at radius 1 is 1.70 bits per heavy atom. The summed E-state index contributed by atoms with van der Waals surface area (Å²) in [6.07, 6.45) is 5.50. The summed E-state index contributed by atoms with van der Waals surface area (Å²) in [5, 5.41) is -0.222. The molecule has 58 valence electrons. The molecule has 0 aromatic heterocycles. The largest absolute Gasteiger partial charge is 0.281 e. The molecule has 0 radical (unpaired) electrons. The van der Waals surface area contributed by atoms with Gasteiger partial charge in [-0.15, -0.1) is 0 Å². The van der Waals surface area contributed by atoms with Gasteiger partial charge in [-0.1, -0.05) is 19.1 Å². The molecule has 0 fully saturated rings. The lowest BCUT2D eigenvalue weighted by atomic mass is 10.0. The van der Waals surface area contributed by atoms with Gasteiger partial charge in [-0.3, -0.25) is 4.79 Å². The average molecular weight is 161 g/mol. The van der Waals surface area contributed by atoms with Gasteiger partial charge in [0.2, 0.25) is 5.24 Å². The molecule has 0 amide bonds. The first-order valence-electron chi connectivity index (χ1n) is 3.52. The van der Waals surface area contributed by atoms with Gasteiger partial charge in [0.25, 0.3) is 0 Å². The van der Waals surface area contributed by atoms with Gasteiger partial charge in [0, 0.05) is 5.92 Å². The minimum Gasteiger partial charge on any atom is -0.281 e. The van der Waals surface area contributed by atoms with Crippen molar-refractivity contribution in [3.63, 3.8) is 0 Å². The molecule has 1 atom stereocenters. The summed E-state index contributed by atoms with van der Waals surface area (Å²) in [5.74, 6) is 0.0119. The van der Waals surface area contributed by atoms with Crippen LogP contribution in [-0.2, 0) is 4.79 Å². The number of hydrogen-bond donors (Lipinski definition) is 0. The molecule has 0 rings (SSSR count). The summed E-state index contributed by atoms with van der Waals surface area (Å²) < 4.78 is 0. The van der Waals surface area contributed by atoms with Crippen LogP contribution in [0.4, 0.5) is 0 Å². The van der Waals surface area contributed by atoms with Crippen LogP contribution >= 0.6 is 11.6 Å². The fourth-order valence-corrected chi connectivity index (χ4v) is 0.964. The number of carbonyl (C=O) groups is 1. The van der Waals surface area contributed by atoms with Gasteiger partial charge in [-0.2, -0.15) is 0 Å². The number of hydrogen-bond acceptors (Lipinski definition) is 1. The van der Waals surface area contributed by atoms with Gasteiger partial charge in [-0.25, -0.2) is 0 Å². The highest BCUT2D eigenvalue weighted by Crippen LogP contribution is 2.12. The van der Waals surface area contributed by atoms with Crippen LogP contribution < -0.4 is 0 Å². The topological polar surface area (TPSA) is 17.1 Å². The molecule has 0 aliphatic carbocycles. The minimum absolute atomic E-state index is 0.0119. The Morgan fingerprint density at radius 2 is 2.30 bits per heavy atom. The smallest absolute Gasteiger partial charge is 0.225 e. The predicted molar refractivity (Wildman–Crippen MR) is 44.1 cm³/mol. The van der Waals surface area contributed by atoms with Crippen molar-refractivity contribution < 1.29 is 4.79 Å². The van der Waals surface area contributed by atoms with E-state index in [1.807, 2.05) is 26.0 Å². The van der Waals surface area contributed by atoms with Gasteiger partial charge in [0.15, 0.2) is 0 Å². The number of carbonyl (C=O) groups excluding carboxylic acids is 1. The van der Waals surface area contributed by atoms with Gasteiger partial charge < -0.3 is 0 Å². The fourth-order valence-electron chi connectivity index (χ4n) is 0.720. The van der Waals surface area contributed by atoms with E-state index < -0.39 is 0 Å². The van der Waals surface area contributed by atoms with Crippen molar-refractivity contribution >= 4 is 16.8 Å². The van der Waals surface area contributed by atoms with E-state index in [0.717, 1.165) is 12.8 Å². The van der Waals surface area contributed by atoms with Crippen LogP contribution in [-0.4, -0.2) is 5.24 Å². The van der Waals surface area contributed by atoms with E-state index in [4.69, 9.17) is 11.6 Å². The van der Waals surface area contributed by atoms with E-state index in [2.05, 4.69) is 0 Å². The Balaban J connectivity index is 3.71. The zero-order chi connectivity index (χ0) is 7.98. The van der Waals surface area contributed by atoms with Crippen LogP contribution in [0.2, 0.25) is 0 Å². The van der Waals surface area contributed by atoms with E-state index in [1.54, 1.807) is 0 Å². The molecule has 0 aromatic carbocycles. The van der Waals surface area contributed by atoms with Crippen LogP contribution in [0.3, 0.4) is 0 Å². The number of halogens is 1. The molecule has 0 saturated carbocycles. The Morgan fingerprint density at radius 3 is 2.60 bits per heavy atom. The van der Waals surface area contributed by atoms with Crippen molar-refractivity contribution in [1.29, 1.82) is 0 Å². The number of allylic oxidation sites excluding steroid dienone is 2. The van der Waals surface area contributed by atoms with Crippen molar-refractivity contribution in [3.05, 3.63) is 12.2 Å². The first-order chi connectivity index (χ1) is 4.72. The van der Waals surface area contributed by atoms with Crippen LogP contribution in [0.15, 0.2) is 12.2 Å². The third-order valence-corrected chi connectivity index (χ3v) is 1.78. The molecule has 0 heterocycles. The van der Waals surface area contributed by atoms with E-state index in [1.165, 1.54) is 0 Å². The van der Waals surface area contributed by atoms with Gasteiger partial charge in [0.1, 0.15) is 0 Å². The summed E-state index contributed by atoms with van der Waals surface area (Å²) in [5.41, 5.74) is 0. The lowest BCUT2D eigenvalue weighted by Gasteiger charge is -2.04. The molecule has 0 bridgehead atoms. The van der Waals surface area contributed by atoms with Crippen molar-refractivity contribution in [1.82, 2.24) is 0 Å².